The van der Waals surface area contributed by atoms with Crippen LogP contribution in [-0.2, 0) is 16.1 Å². The highest BCUT2D eigenvalue weighted by Gasteiger charge is 2.32. The van der Waals surface area contributed by atoms with E-state index in [0.717, 1.165) is 29.5 Å². The molecule has 0 spiro atoms. The zero-order valence-electron chi connectivity index (χ0n) is 12.1. The Morgan fingerprint density at radius 1 is 1.29 bits per heavy atom. The lowest BCUT2D eigenvalue weighted by atomic mass is 9.89. The molecule has 1 saturated carbocycles. The summed E-state index contributed by atoms with van der Waals surface area (Å²) in [5.74, 6) is -1.02. The Kier molecular flexibility index (Phi) is 3.53. The van der Waals surface area contributed by atoms with E-state index in [1.165, 1.54) is 0 Å². The Morgan fingerprint density at radius 2 is 2.00 bits per heavy atom. The van der Waals surface area contributed by atoms with Crippen molar-refractivity contribution >= 4 is 11.9 Å². The van der Waals surface area contributed by atoms with E-state index in [0.29, 0.717) is 12.5 Å². The summed E-state index contributed by atoms with van der Waals surface area (Å²) >= 11 is 0. The molecule has 4 nitrogen and oxygen atoms in total. The van der Waals surface area contributed by atoms with Crippen LogP contribution in [0.15, 0.2) is 35.9 Å². The monoisotopic (exact) mass is 285 g/mol. The van der Waals surface area contributed by atoms with Gasteiger partial charge in [0.2, 0.25) is 5.91 Å². The Labute approximate surface area is 124 Å². The van der Waals surface area contributed by atoms with Crippen LogP contribution >= 0.6 is 0 Å². The summed E-state index contributed by atoms with van der Waals surface area (Å²) in [6, 6.07) is 7.49. The second kappa shape index (κ2) is 5.35. The smallest absolute Gasteiger partial charge is 0.312 e. The van der Waals surface area contributed by atoms with Crippen LogP contribution < -0.4 is 0 Å². The second-order valence-corrected chi connectivity index (χ2v) is 5.97. The number of carbonyl (C=O) groups is 2. The highest BCUT2D eigenvalue weighted by molar-refractivity contribution is 5.89. The number of amides is 1. The van der Waals surface area contributed by atoms with Crippen LogP contribution in [0.5, 0.6) is 0 Å². The number of benzene rings is 1. The van der Waals surface area contributed by atoms with Gasteiger partial charge in [-0.25, -0.2) is 0 Å². The van der Waals surface area contributed by atoms with Gasteiger partial charge >= 0.3 is 5.97 Å². The standard InChI is InChI=1S/C17H19NO3/c1-11(12-6-7-12)8-16(19)18-9-13-4-2-3-5-14(13)15(10-18)17(20)21/h2-5,8,12,15H,6-7,9-10H2,1H3,(H,20,21)/b11-8+. The topological polar surface area (TPSA) is 57.6 Å². The molecule has 0 saturated heterocycles. The van der Waals surface area contributed by atoms with E-state index in [-0.39, 0.29) is 12.5 Å². The maximum Gasteiger partial charge on any atom is 0.312 e. The second-order valence-electron chi connectivity index (χ2n) is 5.97. The molecule has 110 valence electrons. The quantitative estimate of drug-likeness (QED) is 0.868. The van der Waals surface area contributed by atoms with Crippen molar-refractivity contribution in [2.24, 2.45) is 5.92 Å². The number of hydrogen-bond acceptors (Lipinski definition) is 2. The molecule has 0 bridgehead atoms. The van der Waals surface area contributed by atoms with Gasteiger partial charge in [-0.15, -0.1) is 0 Å². The van der Waals surface area contributed by atoms with Gasteiger partial charge in [0.05, 0.1) is 5.92 Å². The van der Waals surface area contributed by atoms with Crippen molar-refractivity contribution in [2.45, 2.75) is 32.2 Å². The number of allylic oxidation sites excluding steroid dienone is 1. The molecule has 0 aromatic heterocycles. The van der Waals surface area contributed by atoms with Crippen molar-refractivity contribution in [3.8, 4) is 0 Å². The van der Waals surface area contributed by atoms with Crippen molar-refractivity contribution in [3.63, 3.8) is 0 Å². The first kappa shape index (κ1) is 13.9. The third-order valence-electron chi connectivity index (χ3n) is 4.38. The minimum Gasteiger partial charge on any atom is -0.481 e. The first-order valence-corrected chi connectivity index (χ1v) is 7.34. The van der Waals surface area contributed by atoms with E-state index in [1.54, 1.807) is 11.0 Å². The van der Waals surface area contributed by atoms with Crippen LogP contribution in [0.4, 0.5) is 0 Å². The minimum absolute atomic E-state index is 0.0693. The Hall–Kier alpha value is -2.10. The van der Waals surface area contributed by atoms with Gasteiger partial charge in [0.25, 0.3) is 0 Å². The molecule has 1 N–H and O–H groups in total. The Balaban J connectivity index is 1.84. The number of carboxylic acids is 1. The van der Waals surface area contributed by atoms with Crippen LogP contribution in [0.1, 0.15) is 36.8 Å². The molecule has 1 fully saturated rings. The Bertz CT molecular complexity index is 616. The molecule has 4 heteroatoms. The van der Waals surface area contributed by atoms with Gasteiger partial charge in [-0.1, -0.05) is 29.8 Å². The van der Waals surface area contributed by atoms with Gasteiger partial charge in [0.1, 0.15) is 0 Å². The minimum atomic E-state index is -0.872. The van der Waals surface area contributed by atoms with Crippen LogP contribution in [-0.4, -0.2) is 28.4 Å². The molecular formula is C17H19NO3. The van der Waals surface area contributed by atoms with Crippen molar-refractivity contribution in [1.82, 2.24) is 4.90 Å². The normalized spacial score (nSPS) is 21.9. The predicted octanol–water partition coefficient (Wildman–Crippen LogP) is 2.55. The molecule has 1 aliphatic carbocycles. The number of fused-ring (bicyclic) bond motifs is 1. The fourth-order valence-corrected chi connectivity index (χ4v) is 2.93. The number of carboxylic acid groups (broad SMARTS) is 1. The first-order valence-electron chi connectivity index (χ1n) is 7.34. The number of aliphatic carboxylic acids is 1. The van der Waals surface area contributed by atoms with E-state index in [1.807, 2.05) is 31.2 Å². The number of nitrogens with zero attached hydrogens (tertiary/aromatic N) is 1. The summed E-state index contributed by atoms with van der Waals surface area (Å²) < 4.78 is 0. The van der Waals surface area contributed by atoms with Gasteiger partial charge in [-0.2, -0.15) is 0 Å². The number of rotatable bonds is 3. The molecule has 1 unspecified atom stereocenters. The lowest BCUT2D eigenvalue weighted by molar-refractivity contribution is -0.140. The summed E-state index contributed by atoms with van der Waals surface area (Å²) in [5, 5.41) is 9.41. The van der Waals surface area contributed by atoms with Crippen LogP contribution in [0.25, 0.3) is 0 Å². The molecular weight excluding hydrogens is 266 g/mol. The Morgan fingerprint density at radius 3 is 2.67 bits per heavy atom. The van der Waals surface area contributed by atoms with Crippen LogP contribution in [0.3, 0.4) is 0 Å². The van der Waals surface area contributed by atoms with E-state index in [4.69, 9.17) is 0 Å². The molecule has 2 aliphatic rings. The van der Waals surface area contributed by atoms with Crippen molar-refractivity contribution in [3.05, 3.63) is 47.0 Å². The number of hydrogen-bond donors (Lipinski definition) is 1. The maximum atomic E-state index is 12.4. The van der Waals surface area contributed by atoms with E-state index in [9.17, 15) is 14.7 Å². The third kappa shape index (κ3) is 2.84. The SMILES string of the molecule is C/C(=C\C(=O)N1Cc2ccccc2C(C(=O)O)C1)C1CC1. The van der Waals surface area contributed by atoms with Crippen LogP contribution in [0.2, 0.25) is 0 Å². The van der Waals surface area contributed by atoms with Gasteiger partial charge in [0.15, 0.2) is 0 Å². The first-order chi connectivity index (χ1) is 10.1. The fourth-order valence-electron chi connectivity index (χ4n) is 2.93. The van der Waals surface area contributed by atoms with Crippen molar-refractivity contribution < 1.29 is 14.7 Å². The molecule has 3 rings (SSSR count). The highest BCUT2D eigenvalue weighted by atomic mass is 16.4. The number of carbonyl (C=O) groups excluding carboxylic acids is 1. The summed E-state index contributed by atoms with van der Waals surface area (Å²) in [6.07, 6.45) is 4.01. The zero-order valence-corrected chi connectivity index (χ0v) is 12.1. The van der Waals surface area contributed by atoms with Gasteiger partial charge < -0.3 is 10.0 Å². The molecule has 1 aliphatic heterocycles. The lowest BCUT2D eigenvalue weighted by Crippen LogP contribution is -2.40. The largest absolute Gasteiger partial charge is 0.481 e. The summed E-state index contributed by atoms with van der Waals surface area (Å²) in [7, 11) is 0. The molecule has 21 heavy (non-hydrogen) atoms. The van der Waals surface area contributed by atoms with E-state index in [2.05, 4.69) is 0 Å². The summed E-state index contributed by atoms with van der Waals surface area (Å²) in [4.78, 5) is 25.5. The van der Waals surface area contributed by atoms with Crippen molar-refractivity contribution in [1.29, 1.82) is 0 Å². The predicted molar refractivity (Wildman–Crippen MR) is 78.7 cm³/mol. The molecule has 1 aromatic rings. The zero-order chi connectivity index (χ0) is 15.0. The molecule has 1 heterocycles. The highest BCUT2D eigenvalue weighted by Crippen LogP contribution is 2.36. The van der Waals surface area contributed by atoms with Gasteiger partial charge in [0, 0.05) is 19.2 Å². The summed E-state index contributed by atoms with van der Waals surface area (Å²) in [6.45, 7) is 2.73. The van der Waals surface area contributed by atoms with E-state index >= 15 is 0 Å². The van der Waals surface area contributed by atoms with Gasteiger partial charge in [-0.3, -0.25) is 9.59 Å². The molecule has 1 amide bonds. The maximum absolute atomic E-state index is 12.4. The van der Waals surface area contributed by atoms with Crippen LogP contribution in [0, 0.1) is 5.92 Å². The van der Waals surface area contributed by atoms with E-state index < -0.39 is 11.9 Å². The lowest BCUT2D eigenvalue weighted by Gasteiger charge is -2.32. The molecule has 1 atom stereocenters. The average Bonchev–Trinajstić information content (AvgIpc) is 3.30. The molecule has 0 radical (unpaired) electrons. The average molecular weight is 285 g/mol. The van der Waals surface area contributed by atoms with Gasteiger partial charge in [-0.05, 0) is 36.8 Å². The third-order valence-corrected chi connectivity index (χ3v) is 4.38. The van der Waals surface area contributed by atoms with Crippen molar-refractivity contribution in [2.75, 3.05) is 6.54 Å². The molecule has 1 aromatic carbocycles. The fraction of sp³-hybridized carbons (Fsp3) is 0.412. The summed E-state index contributed by atoms with van der Waals surface area (Å²) in [5.41, 5.74) is 2.88.